The number of aliphatic hydroxyl groups excluding tert-OH is 2. The van der Waals surface area contributed by atoms with E-state index in [0.717, 1.165) is 167 Å². The number of fused-ring (bicyclic) bond motifs is 4. The third-order valence-electron chi connectivity index (χ3n) is 19.5. The monoisotopic (exact) mass is 1740 g/mol. The number of aromatic amines is 1. The van der Waals surface area contributed by atoms with E-state index in [4.69, 9.17) is 10.8 Å². The van der Waals surface area contributed by atoms with Crippen molar-refractivity contribution in [1.82, 2.24) is 35.9 Å². The molecule has 0 aliphatic rings. The van der Waals surface area contributed by atoms with Gasteiger partial charge in [-0.2, -0.15) is 0 Å². The predicted octanol–water partition coefficient (Wildman–Crippen LogP) is 19.9. The topological polar surface area (TPSA) is 238 Å². The molecule has 0 saturated carbocycles. The van der Waals surface area contributed by atoms with Gasteiger partial charge >= 0.3 is 5.97 Å². The largest absolute Gasteiger partial charge is 0.478 e. The molecular formula is C95H115Br2F4N11O6. The van der Waals surface area contributed by atoms with E-state index in [0.29, 0.717) is 47.3 Å². The van der Waals surface area contributed by atoms with Gasteiger partial charge in [-0.15, -0.1) is 0 Å². The maximum atomic E-state index is 14.0. The summed E-state index contributed by atoms with van der Waals surface area (Å²) in [5.41, 5.74) is 12.1. The summed E-state index contributed by atoms with van der Waals surface area (Å²) in [6, 6.07) is 52.1. The molecule has 12 aromatic rings. The molecule has 0 radical (unpaired) electrons. The summed E-state index contributed by atoms with van der Waals surface area (Å²) in [5.74, 6) is -1.15. The number of aryl methyl sites for hydroxylation is 2. The Bertz CT molecular complexity index is 5160. The number of amides is 1. The number of aromatic carboxylic acids is 1. The number of benzene rings is 8. The van der Waals surface area contributed by atoms with Gasteiger partial charge < -0.3 is 56.7 Å². The zero-order valence-corrected chi connectivity index (χ0v) is 71.3. The van der Waals surface area contributed by atoms with Crippen molar-refractivity contribution in [2.45, 2.75) is 164 Å². The van der Waals surface area contributed by atoms with Gasteiger partial charge in [0, 0.05) is 144 Å². The second-order valence-corrected chi connectivity index (χ2v) is 30.7. The number of anilines is 3. The van der Waals surface area contributed by atoms with Crippen LogP contribution in [0.2, 0.25) is 0 Å². The molecule has 12 rings (SSSR count). The van der Waals surface area contributed by atoms with E-state index in [-0.39, 0.29) is 38.3 Å². The number of hydrogen-bond donors (Lipinski definition) is 8. The zero-order valence-electron chi connectivity index (χ0n) is 68.2. The molecule has 9 N–H and O–H groups in total. The summed E-state index contributed by atoms with van der Waals surface area (Å²) in [6.07, 6.45) is 13.8. The van der Waals surface area contributed by atoms with E-state index in [1.54, 1.807) is 36.8 Å². The van der Waals surface area contributed by atoms with Crippen LogP contribution in [0.25, 0.3) is 43.1 Å². The van der Waals surface area contributed by atoms with Gasteiger partial charge in [0.25, 0.3) is 11.5 Å². The summed E-state index contributed by atoms with van der Waals surface area (Å²) in [4.78, 5) is 59.2. The van der Waals surface area contributed by atoms with E-state index in [1.165, 1.54) is 46.2 Å². The fourth-order valence-corrected chi connectivity index (χ4v) is 14.5. The lowest BCUT2D eigenvalue weighted by Gasteiger charge is -2.26. The number of halogens is 6. The predicted molar refractivity (Wildman–Crippen MR) is 484 cm³/mol. The number of aliphatic hydroxyl groups is 2. The first-order chi connectivity index (χ1) is 56.5. The minimum absolute atomic E-state index is 0. The minimum atomic E-state index is -1.02. The second-order valence-electron chi connectivity index (χ2n) is 28.9. The summed E-state index contributed by atoms with van der Waals surface area (Å²) >= 11 is 6.86. The van der Waals surface area contributed by atoms with Crippen LogP contribution in [0.5, 0.6) is 0 Å². The molecule has 0 fully saturated rings. The van der Waals surface area contributed by atoms with Gasteiger partial charge in [-0.05, 0) is 216 Å². The first kappa shape index (κ1) is 95.2. The lowest BCUT2D eigenvalue weighted by atomic mass is 9.99. The Kier molecular flexibility index (Phi) is 39.9. The Balaban J connectivity index is 0.000000218. The summed E-state index contributed by atoms with van der Waals surface area (Å²) in [5, 5.41) is 47.8. The van der Waals surface area contributed by atoms with Crippen molar-refractivity contribution in [1.29, 1.82) is 0 Å². The molecule has 17 nitrogen and oxygen atoms in total. The number of carboxylic acid groups (broad SMARTS) is 1. The van der Waals surface area contributed by atoms with Crippen LogP contribution in [0.15, 0.2) is 221 Å². The Hall–Kier alpha value is -9.98. The molecule has 0 unspecified atom stereocenters. The van der Waals surface area contributed by atoms with Crippen molar-refractivity contribution in [2.75, 3.05) is 67.1 Å². The van der Waals surface area contributed by atoms with Gasteiger partial charge in [-0.3, -0.25) is 9.59 Å². The van der Waals surface area contributed by atoms with Gasteiger partial charge in [-0.1, -0.05) is 167 Å². The standard InChI is InChI=1S/C35H42F2N4O2.C19H24F2N2O.C16H20N2O2.C15H19BrN2.C9H6BrNO.CH4/c1-4-14-41(15-5-2)34-31-20-28(11-10-27(31)12-13-39-34)35(43)40-32(19-26-17-29(36)21-30(37)18-26)33(42)23-38-22-25-9-7-8-24(6-3)16-25;1-2-13-4-3-5-14(6-13)11-23-12-19(24)18(22)9-15-7-16(20)10-17(21)8-15;1-3-9-18(10-4-2)15-14-11-13(16(19)20)6-5-12(14)7-8-17-15;1-3-9-18(10-4-2)15-14-11-13(16)6-5-12(14)7-8-17-15;10-7-2-1-6-3-4-11-9(12)8(6)5-7;/h7-13,16-18,20-21,32-33,38,42H,4-6,14-15,19,22-23H2,1-3H3,(H,40,43);3-8,10,18-19,23-24H,2,9,11-12,22H2,1H3;5-8,11H,3-4,9-10H2,1-2H3,(H,19,20);5-8,11H,3-4,9-10H2,1-2H3;1-5H,(H,11,12);1H4/t32-,33+;18-,19+;;;;/m00..../s1. The highest BCUT2D eigenvalue weighted by Crippen LogP contribution is 2.31. The number of nitrogens with two attached hydrogens (primary N) is 1. The van der Waals surface area contributed by atoms with Gasteiger partial charge in [0.1, 0.15) is 40.7 Å². The molecule has 4 aromatic heterocycles. The highest BCUT2D eigenvalue weighted by molar-refractivity contribution is 9.10. The average Bonchev–Trinajstić information content (AvgIpc) is 0.803. The molecule has 23 heteroatoms. The molecule has 4 heterocycles. The smallest absolute Gasteiger partial charge is 0.335 e. The van der Waals surface area contributed by atoms with E-state index in [1.807, 2.05) is 85.1 Å². The number of H-pyrrole nitrogens is 1. The van der Waals surface area contributed by atoms with Crippen molar-refractivity contribution in [3.8, 4) is 0 Å². The van der Waals surface area contributed by atoms with Crippen LogP contribution in [-0.4, -0.2) is 124 Å². The molecular weight excluding hydrogens is 1630 g/mol. The third kappa shape index (κ3) is 29.2. The number of rotatable bonds is 34. The Morgan fingerprint density at radius 3 is 1.25 bits per heavy atom. The SMILES string of the molecule is C.CCCN(CCC)c1nccc2ccc(Br)cc12.CCCN(CCC)c1nccc2ccc(C(=O)N[C@@H](Cc3cc(F)cc(F)c3)[C@H](O)CNCc3cccc(CC)c3)cc12.CCCN(CCC)c1nccc2ccc(C(=O)O)cc12.CCc1cccc(CNC[C@@H](O)[C@@H](N)Cc2cc(F)cc(F)c2)c1.O=c1[nH]ccc2ccc(Br)cc12. The maximum absolute atomic E-state index is 14.0. The number of carbonyl (C=O) groups is 2. The summed E-state index contributed by atoms with van der Waals surface area (Å²) in [7, 11) is 0. The van der Waals surface area contributed by atoms with Crippen LogP contribution in [0.1, 0.15) is 155 Å². The van der Waals surface area contributed by atoms with E-state index >= 15 is 0 Å². The molecule has 0 aliphatic carbocycles. The first-order valence-electron chi connectivity index (χ1n) is 40.4. The van der Waals surface area contributed by atoms with E-state index in [9.17, 15) is 42.2 Å². The van der Waals surface area contributed by atoms with Gasteiger partial charge in [0.15, 0.2) is 0 Å². The summed E-state index contributed by atoms with van der Waals surface area (Å²) < 4.78 is 56.4. The number of aromatic nitrogens is 4. The fraction of sp³-hybridized carbons (Fsp3) is 0.347. The molecule has 0 spiro atoms. The van der Waals surface area contributed by atoms with Gasteiger partial charge in [0.05, 0.1) is 23.8 Å². The highest BCUT2D eigenvalue weighted by atomic mass is 79.9. The number of hydrogen-bond acceptors (Lipinski definition) is 14. The van der Waals surface area contributed by atoms with Gasteiger partial charge in [0.2, 0.25) is 0 Å². The Morgan fingerprint density at radius 2 is 0.822 bits per heavy atom. The minimum Gasteiger partial charge on any atom is -0.478 e. The molecule has 118 heavy (non-hydrogen) atoms. The molecule has 0 aliphatic heterocycles. The molecule has 628 valence electrons. The lowest BCUT2D eigenvalue weighted by molar-refractivity contribution is 0.0696. The average molecular weight is 1740 g/mol. The second kappa shape index (κ2) is 49.4. The number of nitrogens with zero attached hydrogens (tertiary/aromatic N) is 6. The highest BCUT2D eigenvalue weighted by Gasteiger charge is 2.25. The Morgan fingerprint density at radius 1 is 0.449 bits per heavy atom. The zero-order chi connectivity index (χ0) is 84.3. The van der Waals surface area contributed by atoms with Crippen LogP contribution >= 0.6 is 31.9 Å². The van der Waals surface area contributed by atoms with Crippen molar-refractivity contribution < 1.29 is 42.5 Å². The third-order valence-corrected chi connectivity index (χ3v) is 20.5. The van der Waals surface area contributed by atoms with Crippen LogP contribution < -0.4 is 41.9 Å². The Labute approximate surface area is 709 Å². The van der Waals surface area contributed by atoms with E-state index < -0.39 is 53.5 Å². The molecule has 8 aromatic carbocycles. The molecule has 0 saturated heterocycles. The van der Waals surface area contributed by atoms with Crippen LogP contribution in [0, 0.1) is 23.3 Å². The summed E-state index contributed by atoms with van der Waals surface area (Å²) in [6.45, 7) is 24.5. The first-order valence-corrected chi connectivity index (χ1v) is 42.0. The number of carbonyl (C=O) groups excluding carboxylic acids is 1. The fourth-order valence-electron chi connectivity index (χ4n) is 13.8. The lowest BCUT2D eigenvalue weighted by Crippen LogP contribution is -2.48. The van der Waals surface area contributed by atoms with Crippen LogP contribution in [0.4, 0.5) is 35.0 Å². The van der Waals surface area contributed by atoms with Crippen LogP contribution in [0.3, 0.4) is 0 Å². The van der Waals surface area contributed by atoms with E-state index in [2.05, 4.69) is 186 Å². The van der Waals surface area contributed by atoms with Crippen molar-refractivity contribution in [3.63, 3.8) is 0 Å². The quantitative estimate of drug-likeness (QED) is 0.0175. The number of nitrogens with one attached hydrogen (secondary N) is 4. The molecule has 4 atom stereocenters. The number of carboxylic acids is 1. The number of pyridine rings is 4. The molecule has 0 bridgehead atoms. The molecule has 1 amide bonds. The van der Waals surface area contributed by atoms with Crippen molar-refractivity contribution in [2.24, 2.45) is 5.73 Å². The van der Waals surface area contributed by atoms with Crippen molar-refractivity contribution in [3.05, 3.63) is 294 Å². The van der Waals surface area contributed by atoms with Crippen LogP contribution in [-0.2, 0) is 38.8 Å². The maximum Gasteiger partial charge on any atom is 0.335 e. The van der Waals surface area contributed by atoms with Gasteiger partial charge in [-0.25, -0.2) is 37.3 Å². The normalized spacial score (nSPS) is 11.9. The van der Waals surface area contributed by atoms with Crippen molar-refractivity contribution >= 4 is 104 Å².